The topological polar surface area (TPSA) is 60.3 Å². The lowest BCUT2D eigenvalue weighted by Gasteiger charge is -2.15. The zero-order valence-electron chi connectivity index (χ0n) is 9.19. The molecule has 0 radical (unpaired) electrons. The normalized spacial score (nSPS) is 13.6. The predicted molar refractivity (Wildman–Crippen MR) is 61.9 cm³/mol. The third-order valence-corrected chi connectivity index (χ3v) is 2.70. The van der Waals surface area contributed by atoms with Crippen LogP contribution in [0.15, 0.2) is 24.4 Å². The summed E-state index contributed by atoms with van der Waals surface area (Å²) in [6, 6.07) is 5.51. The summed E-state index contributed by atoms with van der Waals surface area (Å²) in [5, 5.41) is 3.62. The van der Waals surface area contributed by atoms with Crippen molar-refractivity contribution in [1.29, 1.82) is 0 Å². The van der Waals surface area contributed by atoms with Crippen LogP contribution >= 0.6 is 0 Å². The van der Waals surface area contributed by atoms with Crippen LogP contribution in [0, 0.1) is 0 Å². The molecular weight excluding hydrogens is 220 g/mol. The van der Waals surface area contributed by atoms with Gasteiger partial charge in [0.2, 0.25) is 5.91 Å². The van der Waals surface area contributed by atoms with E-state index in [0.29, 0.717) is 5.75 Å². The molecule has 0 bridgehead atoms. The Hall–Kier alpha value is -2.30. The highest BCUT2D eigenvalue weighted by Gasteiger charge is 2.20. The minimum absolute atomic E-state index is 0.0741. The Morgan fingerprint density at radius 3 is 3.06 bits per heavy atom. The van der Waals surface area contributed by atoms with Gasteiger partial charge in [-0.3, -0.25) is 9.59 Å². The Kier molecular flexibility index (Phi) is 1.95. The molecule has 1 N–H and O–H groups in total. The van der Waals surface area contributed by atoms with Crippen molar-refractivity contribution >= 4 is 28.5 Å². The van der Waals surface area contributed by atoms with Crippen molar-refractivity contribution in [2.45, 2.75) is 13.5 Å². The number of nitrogens with zero attached hydrogens (tertiary/aromatic N) is 1. The average molecular weight is 230 g/mol. The largest absolute Gasteiger partial charge is 0.424 e. The first-order chi connectivity index (χ1) is 8.15. The second kappa shape index (κ2) is 3.35. The van der Waals surface area contributed by atoms with Crippen molar-refractivity contribution in [3.05, 3.63) is 24.4 Å². The van der Waals surface area contributed by atoms with Gasteiger partial charge in [-0.05, 0) is 12.1 Å². The van der Waals surface area contributed by atoms with E-state index in [1.807, 2.05) is 18.2 Å². The summed E-state index contributed by atoms with van der Waals surface area (Å²) < 4.78 is 6.92. The van der Waals surface area contributed by atoms with Crippen LogP contribution in [0.2, 0.25) is 0 Å². The van der Waals surface area contributed by atoms with E-state index in [9.17, 15) is 9.59 Å². The van der Waals surface area contributed by atoms with Crippen molar-refractivity contribution in [2.24, 2.45) is 0 Å². The Labute approximate surface area is 97.0 Å². The molecule has 86 valence electrons. The van der Waals surface area contributed by atoms with Gasteiger partial charge in [0.25, 0.3) is 0 Å². The van der Waals surface area contributed by atoms with Crippen molar-refractivity contribution in [1.82, 2.24) is 4.57 Å². The molecule has 0 saturated heterocycles. The van der Waals surface area contributed by atoms with Gasteiger partial charge in [-0.25, -0.2) is 0 Å². The summed E-state index contributed by atoms with van der Waals surface area (Å²) >= 11 is 0. The third kappa shape index (κ3) is 1.47. The summed E-state index contributed by atoms with van der Waals surface area (Å²) in [5.41, 5.74) is 1.64. The number of rotatable bonds is 1. The molecule has 1 aliphatic heterocycles. The fourth-order valence-corrected chi connectivity index (χ4v) is 2.13. The first kappa shape index (κ1) is 9.89. The van der Waals surface area contributed by atoms with E-state index >= 15 is 0 Å². The lowest BCUT2D eigenvalue weighted by molar-refractivity contribution is -0.131. The molecule has 17 heavy (non-hydrogen) atoms. The zero-order valence-corrected chi connectivity index (χ0v) is 9.19. The molecule has 1 aliphatic rings. The minimum Gasteiger partial charge on any atom is -0.424 e. The zero-order chi connectivity index (χ0) is 12.0. The number of aromatic nitrogens is 1. The molecule has 0 fully saturated rings. The molecular formula is C12H10N2O3. The maximum atomic E-state index is 11.5. The molecule has 0 aliphatic carbocycles. The Bertz CT molecular complexity index is 642. The second-order valence-corrected chi connectivity index (χ2v) is 3.96. The van der Waals surface area contributed by atoms with Crippen LogP contribution in [0.4, 0.5) is 5.69 Å². The minimum atomic E-state index is -0.368. The number of anilines is 1. The van der Waals surface area contributed by atoms with Crippen LogP contribution in [-0.4, -0.2) is 16.4 Å². The van der Waals surface area contributed by atoms with Gasteiger partial charge >= 0.3 is 5.97 Å². The first-order valence-corrected chi connectivity index (χ1v) is 5.25. The maximum absolute atomic E-state index is 11.5. The van der Waals surface area contributed by atoms with Crippen LogP contribution in [0.25, 0.3) is 10.9 Å². The molecule has 3 rings (SSSR count). The van der Waals surface area contributed by atoms with Crippen molar-refractivity contribution < 1.29 is 14.3 Å². The number of carbonyl (C=O) groups is 2. The van der Waals surface area contributed by atoms with Crippen LogP contribution in [0.3, 0.4) is 0 Å². The van der Waals surface area contributed by atoms with E-state index < -0.39 is 0 Å². The van der Waals surface area contributed by atoms with Crippen LogP contribution < -0.4 is 10.1 Å². The number of hydrogen-bond donors (Lipinski definition) is 1. The van der Waals surface area contributed by atoms with E-state index in [2.05, 4.69) is 5.32 Å². The van der Waals surface area contributed by atoms with Gasteiger partial charge in [0.05, 0.1) is 11.2 Å². The summed E-state index contributed by atoms with van der Waals surface area (Å²) in [7, 11) is 0. The fourth-order valence-electron chi connectivity index (χ4n) is 2.13. The lowest BCUT2D eigenvalue weighted by atomic mass is 10.2. The summed E-state index contributed by atoms with van der Waals surface area (Å²) in [6.07, 6.45) is 1.69. The van der Waals surface area contributed by atoms with E-state index in [0.717, 1.165) is 16.6 Å². The van der Waals surface area contributed by atoms with E-state index in [4.69, 9.17) is 4.74 Å². The van der Waals surface area contributed by atoms with E-state index in [1.165, 1.54) is 6.92 Å². The molecule has 0 spiro atoms. The molecule has 5 heteroatoms. The summed E-state index contributed by atoms with van der Waals surface area (Å²) in [6.45, 7) is 1.60. The highest BCUT2D eigenvalue weighted by Crippen LogP contribution is 2.35. The SMILES string of the molecule is CC(=O)Oc1cn2c3c(cccc13)NC(=O)C2. The number of nitrogens with one attached hydrogen (secondary N) is 1. The van der Waals surface area contributed by atoms with Crippen LogP contribution in [0.5, 0.6) is 5.75 Å². The van der Waals surface area contributed by atoms with Gasteiger partial charge in [-0.2, -0.15) is 0 Å². The molecule has 0 saturated carbocycles. The number of carbonyl (C=O) groups excluding carboxylic acids is 2. The molecule has 0 unspecified atom stereocenters. The number of benzene rings is 1. The summed E-state index contributed by atoms with van der Waals surface area (Å²) in [5.74, 6) is 0.0498. The number of hydrogen-bond acceptors (Lipinski definition) is 3. The van der Waals surface area contributed by atoms with E-state index in [-0.39, 0.29) is 18.4 Å². The number of esters is 1. The highest BCUT2D eigenvalue weighted by molar-refractivity contribution is 6.06. The molecule has 2 heterocycles. The summed E-state index contributed by atoms with van der Waals surface area (Å²) in [4.78, 5) is 22.5. The standard InChI is InChI=1S/C12H10N2O3/c1-7(15)17-10-5-14-6-11(16)13-9-4-2-3-8(10)12(9)14/h2-5H,6H2,1H3,(H,13,16). The number of ether oxygens (including phenoxy) is 1. The lowest BCUT2D eigenvalue weighted by Crippen LogP contribution is -2.22. The van der Waals surface area contributed by atoms with Gasteiger partial charge < -0.3 is 14.6 Å². The fraction of sp³-hybridized carbons (Fsp3) is 0.167. The number of amides is 1. The van der Waals surface area contributed by atoms with Crippen molar-refractivity contribution in [3.63, 3.8) is 0 Å². The highest BCUT2D eigenvalue weighted by atomic mass is 16.5. The van der Waals surface area contributed by atoms with Crippen LogP contribution in [-0.2, 0) is 16.1 Å². The second-order valence-electron chi connectivity index (χ2n) is 3.96. The van der Waals surface area contributed by atoms with Crippen molar-refractivity contribution in [3.8, 4) is 5.75 Å². The molecule has 0 atom stereocenters. The van der Waals surface area contributed by atoms with Crippen LogP contribution in [0.1, 0.15) is 6.92 Å². The predicted octanol–water partition coefficient (Wildman–Crippen LogP) is 1.52. The average Bonchev–Trinajstić information content (AvgIpc) is 2.57. The molecule has 1 aromatic heterocycles. The first-order valence-electron chi connectivity index (χ1n) is 5.25. The maximum Gasteiger partial charge on any atom is 0.308 e. The van der Waals surface area contributed by atoms with E-state index in [1.54, 1.807) is 10.8 Å². The quantitative estimate of drug-likeness (QED) is 0.755. The molecule has 1 amide bonds. The smallest absolute Gasteiger partial charge is 0.308 e. The van der Waals surface area contributed by atoms with Gasteiger partial charge in [0.1, 0.15) is 6.54 Å². The molecule has 5 nitrogen and oxygen atoms in total. The number of para-hydroxylation sites is 1. The Morgan fingerprint density at radius 2 is 2.29 bits per heavy atom. The van der Waals surface area contributed by atoms with Gasteiger partial charge in [0, 0.05) is 18.5 Å². The van der Waals surface area contributed by atoms with Crippen molar-refractivity contribution in [2.75, 3.05) is 5.32 Å². The molecule has 2 aromatic rings. The van der Waals surface area contributed by atoms with Gasteiger partial charge in [-0.15, -0.1) is 0 Å². The Morgan fingerprint density at radius 1 is 1.47 bits per heavy atom. The molecule has 1 aromatic carbocycles. The Balaban J connectivity index is 2.26. The van der Waals surface area contributed by atoms with Gasteiger partial charge in [-0.1, -0.05) is 6.07 Å². The third-order valence-electron chi connectivity index (χ3n) is 2.70. The van der Waals surface area contributed by atoms with Gasteiger partial charge in [0.15, 0.2) is 5.75 Å². The monoisotopic (exact) mass is 230 g/mol.